The van der Waals surface area contributed by atoms with Crippen LogP contribution in [-0.4, -0.2) is 10.9 Å². The van der Waals surface area contributed by atoms with Crippen molar-refractivity contribution in [2.75, 3.05) is 5.32 Å². The fourth-order valence-electron chi connectivity index (χ4n) is 2.60. The molecule has 0 saturated heterocycles. The highest BCUT2D eigenvalue weighted by Gasteiger charge is 2.20. The highest BCUT2D eigenvalue weighted by Crippen LogP contribution is 2.30. The molecule has 0 radical (unpaired) electrons. The number of carbonyl (C=O) groups excluding carboxylic acids is 1. The standard InChI is InChI=1S/C19H15ClF2N2OS/c1-11-23-18(19(21)22)16(26-11)10-17(25)24-15-5-3-2-4-14(15)12-6-8-13(20)9-7-12/h2-9,19H,10H2,1H3,(H,24,25). The maximum Gasteiger partial charge on any atom is 0.281 e. The number of nitrogens with zero attached hydrogens (tertiary/aromatic N) is 1. The summed E-state index contributed by atoms with van der Waals surface area (Å²) in [5.74, 6) is -0.364. The smallest absolute Gasteiger partial charge is 0.281 e. The van der Waals surface area contributed by atoms with Crippen molar-refractivity contribution >= 4 is 34.5 Å². The molecule has 26 heavy (non-hydrogen) atoms. The van der Waals surface area contributed by atoms with Gasteiger partial charge in [-0.25, -0.2) is 13.8 Å². The number of halogens is 3. The van der Waals surface area contributed by atoms with Gasteiger partial charge < -0.3 is 5.32 Å². The third kappa shape index (κ3) is 4.26. The molecule has 0 fully saturated rings. The Bertz CT molecular complexity index is 926. The van der Waals surface area contributed by atoms with Gasteiger partial charge in [0.2, 0.25) is 5.91 Å². The normalized spacial score (nSPS) is 11.0. The number of rotatable bonds is 5. The third-order valence-electron chi connectivity index (χ3n) is 3.72. The van der Waals surface area contributed by atoms with E-state index in [2.05, 4.69) is 10.3 Å². The quantitative estimate of drug-likeness (QED) is 0.588. The van der Waals surface area contributed by atoms with Gasteiger partial charge in [0.25, 0.3) is 6.43 Å². The Kier molecular flexibility index (Phi) is 5.64. The second-order valence-electron chi connectivity index (χ2n) is 5.62. The van der Waals surface area contributed by atoms with Gasteiger partial charge in [0.15, 0.2) is 0 Å². The number of carbonyl (C=O) groups is 1. The summed E-state index contributed by atoms with van der Waals surface area (Å²) in [5.41, 5.74) is 2.02. The maximum atomic E-state index is 13.0. The van der Waals surface area contributed by atoms with Gasteiger partial charge in [-0.15, -0.1) is 11.3 Å². The Morgan fingerprint density at radius 3 is 2.58 bits per heavy atom. The van der Waals surface area contributed by atoms with Crippen LogP contribution in [0.3, 0.4) is 0 Å². The molecular weight excluding hydrogens is 378 g/mol. The Balaban J connectivity index is 1.81. The minimum Gasteiger partial charge on any atom is -0.325 e. The van der Waals surface area contributed by atoms with Crippen LogP contribution in [0.1, 0.15) is 22.0 Å². The van der Waals surface area contributed by atoms with Crippen molar-refractivity contribution in [1.82, 2.24) is 4.98 Å². The number of aryl methyl sites for hydroxylation is 1. The topological polar surface area (TPSA) is 42.0 Å². The Hall–Kier alpha value is -2.31. The molecule has 1 N–H and O–H groups in total. The second kappa shape index (κ2) is 7.93. The zero-order chi connectivity index (χ0) is 18.7. The highest BCUT2D eigenvalue weighted by atomic mass is 35.5. The average molecular weight is 393 g/mol. The van der Waals surface area contributed by atoms with E-state index in [4.69, 9.17) is 11.6 Å². The predicted octanol–water partition coefficient (Wildman–Crippen LogP) is 5.89. The Morgan fingerprint density at radius 2 is 1.88 bits per heavy atom. The molecule has 2 aromatic carbocycles. The zero-order valence-corrected chi connectivity index (χ0v) is 15.4. The molecule has 0 saturated carbocycles. The van der Waals surface area contributed by atoms with Crippen molar-refractivity contribution in [1.29, 1.82) is 0 Å². The van der Waals surface area contributed by atoms with Crippen LogP contribution < -0.4 is 5.32 Å². The van der Waals surface area contributed by atoms with Crippen LogP contribution in [0.4, 0.5) is 14.5 Å². The van der Waals surface area contributed by atoms with Crippen LogP contribution in [0, 0.1) is 6.92 Å². The molecule has 1 aromatic heterocycles. The van der Waals surface area contributed by atoms with Crippen molar-refractivity contribution in [3.63, 3.8) is 0 Å². The summed E-state index contributed by atoms with van der Waals surface area (Å²) in [7, 11) is 0. The van der Waals surface area contributed by atoms with E-state index in [1.807, 2.05) is 24.3 Å². The second-order valence-corrected chi connectivity index (χ2v) is 7.34. The first kappa shape index (κ1) is 18.5. The summed E-state index contributed by atoms with van der Waals surface area (Å²) >= 11 is 7.04. The fraction of sp³-hybridized carbons (Fsp3) is 0.158. The van der Waals surface area contributed by atoms with E-state index < -0.39 is 6.43 Å². The number of nitrogens with one attached hydrogen (secondary N) is 1. The van der Waals surface area contributed by atoms with E-state index in [0.717, 1.165) is 22.5 Å². The van der Waals surface area contributed by atoms with Gasteiger partial charge in [0, 0.05) is 21.2 Å². The Labute approximate surface area is 158 Å². The lowest BCUT2D eigenvalue weighted by Gasteiger charge is -2.11. The van der Waals surface area contributed by atoms with E-state index in [-0.39, 0.29) is 18.0 Å². The first-order chi connectivity index (χ1) is 12.4. The average Bonchev–Trinajstić information content (AvgIpc) is 2.96. The number of aromatic nitrogens is 1. The fourth-order valence-corrected chi connectivity index (χ4v) is 3.67. The van der Waals surface area contributed by atoms with Crippen LogP contribution >= 0.6 is 22.9 Å². The summed E-state index contributed by atoms with van der Waals surface area (Å²) < 4.78 is 26.1. The molecule has 0 atom stereocenters. The number of amides is 1. The van der Waals surface area contributed by atoms with Crippen LogP contribution in [0.2, 0.25) is 5.02 Å². The van der Waals surface area contributed by atoms with Crippen molar-refractivity contribution in [3.05, 3.63) is 69.1 Å². The van der Waals surface area contributed by atoms with Crippen molar-refractivity contribution in [3.8, 4) is 11.1 Å². The number of benzene rings is 2. The largest absolute Gasteiger partial charge is 0.325 e. The highest BCUT2D eigenvalue weighted by molar-refractivity contribution is 7.11. The van der Waals surface area contributed by atoms with Crippen LogP contribution in [0.25, 0.3) is 11.1 Å². The predicted molar refractivity (Wildman–Crippen MR) is 101 cm³/mol. The van der Waals surface area contributed by atoms with E-state index in [9.17, 15) is 13.6 Å². The van der Waals surface area contributed by atoms with Gasteiger partial charge in [-0.1, -0.05) is 41.9 Å². The number of anilines is 1. The molecule has 0 unspecified atom stereocenters. The van der Waals surface area contributed by atoms with Crippen molar-refractivity contribution in [2.24, 2.45) is 0 Å². The summed E-state index contributed by atoms with van der Waals surface area (Å²) in [6.45, 7) is 1.65. The molecule has 1 heterocycles. The molecule has 0 aliphatic heterocycles. The molecule has 134 valence electrons. The van der Waals surface area contributed by atoms with Crippen molar-refractivity contribution < 1.29 is 13.6 Å². The molecule has 0 aliphatic carbocycles. The van der Waals surface area contributed by atoms with Crippen LogP contribution in [-0.2, 0) is 11.2 Å². The minimum absolute atomic E-state index is 0.139. The molecule has 0 aliphatic rings. The molecule has 3 nitrogen and oxygen atoms in total. The molecule has 0 spiro atoms. The molecular formula is C19H15ClF2N2OS. The van der Waals surface area contributed by atoms with Crippen LogP contribution in [0.5, 0.6) is 0 Å². The number of thiazole rings is 1. The minimum atomic E-state index is -2.69. The van der Waals surface area contributed by atoms with E-state index >= 15 is 0 Å². The monoisotopic (exact) mass is 392 g/mol. The lowest BCUT2D eigenvalue weighted by atomic mass is 10.0. The van der Waals surface area contributed by atoms with Gasteiger partial charge in [-0.3, -0.25) is 4.79 Å². The summed E-state index contributed by atoms with van der Waals surface area (Å²) in [4.78, 5) is 16.5. The number of hydrogen-bond acceptors (Lipinski definition) is 3. The Morgan fingerprint density at radius 1 is 1.19 bits per heavy atom. The molecule has 3 rings (SSSR count). The SMILES string of the molecule is Cc1nc(C(F)F)c(CC(=O)Nc2ccccc2-c2ccc(Cl)cc2)s1. The van der Waals surface area contributed by atoms with E-state index in [0.29, 0.717) is 20.6 Å². The lowest BCUT2D eigenvalue weighted by Crippen LogP contribution is -2.15. The van der Waals surface area contributed by atoms with E-state index in [1.165, 1.54) is 0 Å². The van der Waals surface area contributed by atoms with Gasteiger partial charge >= 0.3 is 0 Å². The first-order valence-electron chi connectivity index (χ1n) is 7.83. The molecule has 3 aromatic rings. The molecule has 0 bridgehead atoms. The maximum absolute atomic E-state index is 13.0. The zero-order valence-electron chi connectivity index (χ0n) is 13.8. The summed E-state index contributed by atoms with van der Waals surface area (Å²) in [6.07, 6.45) is -2.83. The summed E-state index contributed by atoms with van der Waals surface area (Å²) in [6, 6.07) is 14.6. The van der Waals surface area contributed by atoms with Gasteiger partial charge in [-0.2, -0.15) is 0 Å². The van der Waals surface area contributed by atoms with Crippen LogP contribution in [0.15, 0.2) is 48.5 Å². The molecule has 7 heteroatoms. The summed E-state index contributed by atoms with van der Waals surface area (Å²) in [5, 5.41) is 3.95. The van der Waals surface area contributed by atoms with Gasteiger partial charge in [-0.05, 0) is 30.7 Å². The van der Waals surface area contributed by atoms with Gasteiger partial charge in [0.05, 0.1) is 11.4 Å². The number of hydrogen-bond donors (Lipinski definition) is 1. The molecule has 1 amide bonds. The number of alkyl halides is 2. The van der Waals surface area contributed by atoms with Gasteiger partial charge in [0.1, 0.15) is 5.69 Å². The number of para-hydroxylation sites is 1. The van der Waals surface area contributed by atoms with E-state index in [1.54, 1.807) is 31.2 Å². The first-order valence-corrected chi connectivity index (χ1v) is 9.02. The van der Waals surface area contributed by atoms with Crippen molar-refractivity contribution in [2.45, 2.75) is 19.8 Å². The third-order valence-corrected chi connectivity index (χ3v) is 4.96. The lowest BCUT2D eigenvalue weighted by molar-refractivity contribution is -0.115.